The quantitative estimate of drug-likeness (QED) is 0.675. The summed E-state index contributed by atoms with van der Waals surface area (Å²) in [7, 11) is 0. The average molecular weight is 298 g/mol. The summed E-state index contributed by atoms with van der Waals surface area (Å²) in [6.45, 7) is 5.98. The van der Waals surface area contributed by atoms with E-state index in [-0.39, 0.29) is 18.0 Å². The lowest BCUT2D eigenvalue weighted by Gasteiger charge is -2.29. The maximum atomic E-state index is 12.0. The van der Waals surface area contributed by atoms with Crippen molar-refractivity contribution in [1.82, 2.24) is 10.6 Å². The number of aliphatic carboxylic acids is 1. The fourth-order valence-corrected chi connectivity index (χ4v) is 3.06. The molecule has 1 aliphatic carbocycles. The molecule has 2 amide bonds. The molecule has 5 heteroatoms. The molecule has 0 radical (unpaired) electrons. The van der Waals surface area contributed by atoms with Crippen LogP contribution in [0, 0.1) is 11.8 Å². The summed E-state index contributed by atoms with van der Waals surface area (Å²) in [5.74, 6) is -0.248. The lowest BCUT2D eigenvalue weighted by atomic mass is 9.83. The van der Waals surface area contributed by atoms with Crippen LogP contribution in [0.4, 0.5) is 4.79 Å². The van der Waals surface area contributed by atoms with E-state index in [1.807, 2.05) is 13.8 Å². The van der Waals surface area contributed by atoms with Crippen LogP contribution in [0.3, 0.4) is 0 Å². The van der Waals surface area contributed by atoms with Crippen LogP contribution in [0.15, 0.2) is 0 Å². The first kappa shape index (κ1) is 17.8. The molecule has 2 atom stereocenters. The number of hydrogen-bond donors (Lipinski definition) is 3. The highest BCUT2D eigenvalue weighted by molar-refractivity contribution is 5.82. The predicted molar refractivity (Wildman–Crippen MR) is 83.2 cm³/mol. The molecule has 0 aromatic rings. The van der Waals surface area contributed by atoms with Gasteiger partial charge in [0.2, 0.25) is 0 Å². The highest BCUT2D eigenvalue weighted by Gasteiger charge is 2.27. The first-order chi connectivity index (χ1) is 9.97. The van der Waals surface area contributed by atoms with Gasteiger partial charge in [-0.2, -0.15) is 0 Å². The summed E-state index contributed by atoms with van der Waals surface area (Å²) in [6, 6.07) is -0.974. The topological polar surface area (TPSA) is 78.4 Å². The minimum Gasteiger partial charge on any atom is -0.480 e. The number of nitrogens with one attached hydrogen (secondary N) is 2. The van der Waals surface area contributed by atoms with Gasteiger partial charge in [-0.1, -0.05) is 40.0 Å². The van der Waals surface area contributed by atoms with Crippen LogP contribution >= 0.6 is 0 Å². The van der Waals surface area contributed by atoms with E-state index in [4.69, 9.17) is 0 Å². The third-order valence-electron chi connectivity index (χ3n) is 4.64. The van der Waals surface area contributed by atoms with Gasteiger partial charge in [-0.25, -0.2) is 9.59 Å². The molecule has 1 saturated carbocycles. The molecular weight excluding hydrogens is 268 g/mol. The van der Waals surface area contributed by atoms with Gasteiger partial charge in [-0.15, -0.1) is 0 Å². The van der Waals surface area contributed by atoms with Crippen LogP contribution in [0.1, 0.15) is 65.7 Å². The second-order valence-corrected chi connectivity index (χ2v) is 6.33. The van der Waals surface area contributed by atoms with Crippen LogP contribution in [-0.2, 0) is 4.79 Å². The Morgan fingerprint density at radius 2 is 1.81 bits per heavy atom. The standard InChI is InChI=1S/C16H30N2O3/c1-4-6-12-7-9-13(10-8-12)17-16(21)18-14(15(19)20)11(3)5-2/h11-14H,4-10H2,1-3H3,(H,19,20)(H2,17,18,21). The van der Waals surface area contributed by atoms with Crippen LogP contribution < -0.4 is 10.6 Å². The molecule has 0 heterocycles. The second-order valence-electron chi connectivity index (χ2n) is 6.33. The van der Waals surface area contributed by atoms with E-state index in [0.717, 1.165) is 38.0 Å². The number of carboxylic acid groups (broad SMARTS) is 1. The normalized spacial score (nSPS) is 24.9. The van der Waals surface area contributed by atoms with Gasteiger partial charge >= 0.3 is 12.0 Å². The van der Waals surface area contributed by atoms with Gasteiger partial charge in [0.05, 0.1) is 0 Å². The summed E-state index contributed by atoms with van der Waals surface area (Å²) < 4.78 is 0. The van der Waals surface area contributed by atoms with E-state index in [2.05, 4.69) is 17.6 Å². The van der Waals surface area contributed by atoms with Crippen LogP contribution in [0.2, 0.25) is 0 Å². The Labute approximate surface area is 127 Å². The van der Waals surface area contributed by atoms with Crippen LogP contribution in [0.25, 0.3) is 0 Å². The van der Waals surface area contributed by atoms with Gasteiger partial charge in [0.25, 0.3) is 0 Å². The molecule has 0 aliphatic heterocycles. The molecule has 0 aromatic carbocycles. The van der Waals surface area contributed by atoms with Crippen molar-refractivity contribution in [3.05, 3.63) is 0 Å². The lowest BCUT2D eigenvalue weighted by molar-refractivity contribution is -0.140. The van der Waals surface area contributed by atoms with Gasteiger partial charge in [0, 0.05) is 6.04 Å². The van der Waals surface area contributed by atoms with E-state index < -0.39 is 12.0 Å². The molecular formula is C16H30N2O3. The molecule has 21 heavy (non-hydrogen) atoms. The van der Waals surface area contributed by atoms with Crippen molar-refractivity contribution in [2.24, 2.45) is 11.8 Å². The maximum absolute atomic E-state index is 12.0. The zero-order chi connectivity index (χ0) is 15.8. The SMILES string of the molecule is CCCC1CCC(NC(=O)NC(C(=O)O)C(C)CC)CC1. The zero-order valence-corrected chi connectivity index (χ0v) is 13.5. The largest absolute Gasteiger partial charge is 0.480 e. The molecule has 5 nitrogen and oxygen atoms in total. The first-order valence-corrected chi connectivity index (χ1v) is 8.27. The molecule has 0 saturated heterocycles. The first-order valence-electron chi connectivity index (χ1n) is 8.27. The van der Waals surface area contributed by atoms with Gasteiger partial charge in [0.1, 0.15) is 6.04 Å². The Morgan fingerprint density at radius 3 is 2.29 bits per heavy atom. The van der Waals surface area contributed by atoms with E-state index in [1.165, 1.54) is 12.8 Å². The van der Waals surface area contributed by atoms with Crippen molar-refractivity contribution >= 4 is 12.0 Å². The third-order valence-corrected chi connectivity index (χ3v) is 4.64. The number of carbonyl (C=O) groups excluding carboxylic acids is 1. The molecule has 0 aromatic heterocycles. The maximum Gasteiger partial charge on any atom is 0.326 e. The summed E-state index contributed by atoms with van der Waals surface area (Å²) in [5.41, 5.74) is 0. The molecule has 1 fully saturated rings. The average Bonchev–Trinajstić information content (AvgIpc) is 2.46. The Kier molecular flexibility index (Phi) is 7.54. The summed E-state index contributed by atoms with van der Waals surface area (Å²) >= 11 is 0. The summed E-state index contributed by atoms with van der Waals surface area (Å²) in [6.07, 6.45) is 7.53. The monoisotopic (exact) mass is 298 g/mol. The van der Waals surface area contributed by atoms with Crippen LogP contribution in [0.5, 0.6) is 0 Å². The molecule has 0 spiro atoms. The van der Waals surface area contributed by atoms with Gasteiger partial charge < -0.3 is 15.7 Å². The Bertz CT molecular complexity index is 338. The number of urea groups is 1. The minimum atomic E-state index is -0.967. The summed E-state index contributed by atoms with van der Waals surface area (Å²) in [4.78, 5) is 23.2. The number of rotatable bonds is 7. The van der Waals surface area contributed by atoms with Gasteiger partial charge in [-0.3, -0.25) is 0 Å². The fourth-order valence-electron chi connectivity index (χ4n) is 3.06. The van der Waals surface area contributed by atoms with Crippen molar-refractivity contribution in [3.63, 3.8) is 0 Å². The van der Waals surface area contributed by atoms with E-state index in [1.54, 1.807) is 0 Å². The zero-order valence-electron chi connectivity index (χ0n) is 13.5. The van der Waals surface area contributed by atoms with E-state index in [0.29, 0.717) is 0 Å². The summed E-state index contributed by atoms with van der Waals surface area (Å²) in [5, 5.41) is 14.7. The Morgan fingerprint density at radius 1 is 1.19 bits per heavy atom. The van der Waals surface area contributed by atoms with Crippen molar-refractivity contribution in [1.29, 1.82) is 0 Å². The minimum absolute atomic E-state index is 0.0754. The molecule has 1 aliphatic rings. The van der Waals surface area contributed by atoms with Crippen molar-refractivity contribution in [3.8, 4) is 0 Å². The Balaban J connectivity index is 2.38. The molecule has 122 valence electrons. The fraction of sp³-hybridized carbons (Fsp3) is 0.875. The lowest BCUT2D eigenvalue weighted by Crippen LogP contribution is -2.51. The third kappa shape index (κ3) is 5.94. The van der Waals surface area contributed by atoms with Gasteiger partial charge in [0.15, 0.2) is 0 Å². The predicted octanol–water partition coefficient (Wildman–Crippen LogP) is 3.14. The van der Waals surface area contributed by atoms with Crippen molar-refractivity contribution in [2.75, 3.05) is 0 Å². The Hall–Kier alpha value is -1.26. The number of carbonyl (C=O) groups is 2. The second kappa shape index (κ2) is 8.90. The number of carboxylic acids is 1. The number of amides is 2. The van der Waals surface area contributed by atoms with Crippen LogP contribution in [-0.4, -0.2) is 29.2 Å². The molecule has 3 N–H and O–H groups in total. The van der Waals surface area contributed by atoms with Crippen molar-refractivity contribution in [2.45, 2.75) is 77.8 Å². The molecule has 2 unspecified atom stereocenters. The van der Waals surface area contributed by atoms with Gasteiger partial charge in [-0.05, 0) is 37.5 Å². The highest BCUT2D eigenvalue weighted by Crippen LogP contribution is 2.27. The van der Waals surface area contributed by atoms with Crippen molar-refractivity contribution < 1.29 is 14.7 Å². The molecule has 1 rings (SSSR count). The highest BCUT2D eigenvalue weighted by atomic mass is 16.4. The van der Waals surface area contributed by atoms with E-state index >= 15 is 0 Å². The van der Waals surface area contributed by atoms with E-state index in [9.17, 15) is 14.7 Å². The smallest absolute Gasteiger partial charge is 0.326 e. The molecule has 0 bridgehead atoms. The number of hydrogen-bond acceptors (Lipinski definition) is 2.